The Kier molecular flexibility index (Phi) is 2.41. The van der Waals surface area contributed by atoms with Gasteiger partial charge in [-0.05, 0) is 16.8 Å². The minimum atomic E-state index is 0.0870. The van der Waals surface area contributed by atoms with Crippen LogP contribution in [-0.2, 0) is 4.74 Å². The van der Waals surface area contributed by atoms with Crippen molar-refractivity contribution in [3.8, 4) is 0 Å². The number of aliphatic imine (C=N–C) groups is 1. The molecule has 0 radical (unpaired) electrons. The predicted molar refractivity (Wildman–Crippen MR) is 70.4 cm³/mol. The van der Waals surface area contributed by atoms with E-state index in [2.05, 4.69) is 29.8 Å². The maximum Gasteiger partial charge on any atom is 0.217 e. The van der Waals surface area contributed by atoms with Gasteiger partial charge in [0, 0.05) is 5.56 Å². The van der Waals surface area contributed by atoms with Crippen LogP contribution in [0.3, 0.4) is 0 Å². The average Bonchev–Trinajstić information content (AvgIpc) is 2.87. The van der Waals surface area contributed by atoms with E-state index < -0.39 is 0 Å². The maximum atomic E-state index is 5.63. The summed E-state index contributed by atoms with van der Waals surface area (Å²) in [4.78, 5) is 4.50. The molecule has 0 amide bonds. The Morgan fingerprint density at radius 1 is 1.18 bits per heavy atom. The van der Waals surface area contributed by atoms with Crippen molar-refractivity contribution in [3.63, 3.8) is 0 Å². The average molecular weight is 223 g/mol. The molecule has 1 atom stereocenters. The molecule has 3 rings (SSSR count). The third-order valence-corrected chi connectivity index (χ3v) is 2.97. The number of hydrogen-bond donors (Lipinski definition) is 0. The Bertz CT molecular complexity index is 595. The standard InChI is InChI=1S/C15H13NO/c1-2-12-10-17-15(16-12)14-9-5-7-11-6-3-4-8-13(11)14/h2-9,12H,1,10H2/t12-/m1/s1. The second-order valence-corrected chi connectivity index (χ2v) is 4.08. The summed E-state index contributed by atoms with van der Waals surface area (Å²) < 4.78 is 5.63. The summed E-state index contributed by atoms with van der Waals surface area (Å²) in [6.45, 7) is 4.35. The first kappa shape index (κ1) is 10.1. The smallest absolute Gasteiger partial charge is 0.217 e. The molecule has 0 aromatic heterocycles. The zero-order valence-electron chi connectivity index (χ0n) is 9.47. The van der Waals surface area contributed by atoms with Crippen LogP contribution in [0.25, 0.3) is 10.8 Å². The molecule has 0 fully saturated rings. The fourth-order valence-corrected chi connectivity index (χ4v) is 2.07. The predicted octanol–water partition coefficient (Wildman–Crippen LogP) is 3.17. The number of ether oxygens (including phenoxy) is 1. The molecule has 17 heavy (non-hydrogen) atoms. The number of nitrogens with zero attached hydrogens (tertiary/aromatic N) is 1. The summed E-state index contributed by atoms with van der Waals surface area (Å²) in [7, 11) is 0. The van der Waals surface area contributed by atoms with E-state index in [4.69, 9.17) is 4.74 Å². The highest BCUT2D eigenvalue weighted by atomic mass is 16.5. The van der Waals surface area contributed by atoms with Crippen molar-refractivity contribution < 1.29 is 4.74 Å². The molecule has 2 aromatic rings. The molecular weight excluding hydrogens is 210 g/mol. The van der Waals surface area contributed by atoms with Crippen molar-refractivity contribution in [3.05, 3.63) is 60.7 Å². The Labute approximate surface area is 100 Å². The summed E-state index contributed by atoms with van der Waals surface area (Å²) in [5.74, 6) is 0.728. The van der Waals surface area contributed by atoms with Gasteiger partial charge in [-0.25, -0.2) is 4.99 Å². The molecule has 2 heteroatoms. The zero-order valence-corrected chi connectivity index (χ0v) is 9.47. The van der Waals surface area contributed by atoms with Crippen LogP contribution in [0, 0.1) is 0 Å². The second kappa shape index (κ2) is 4.06. The van der Waals surface area contributed by atoms with Gasteiger partial charge < -0.3 is 4.74 Å². The Hall–Kier alpha value is -2.09. The van der Waals surface area contributed by atoms with Crippen LogP contribution in [-0.4, -0.2) is 18.5 Å². The van der Waals surface area contributed by atoms with Gasteiger partial charge in [-0.3, -0.25) is 0 Å². The van der Waals surface area contributed by atoms with E-state index in [0.717, 1.165) is 11.5 Å². The van der Waals surface area contributed by atoms with E-state index in [-0.39, 0.29) is 6.04 Å². The number of fused-ring (bicyclic) bond motifs is 1. The second-order valence-electron chi connectivity index (χ2n) is 4.08. The summed E-state index contributed by atoms with van der Waals surface area (Å²) >= 11 is 0. The molecule has 1 aliphatic rings. The molecule has 2 aromatic carbocycles. The van der Waals surface area contributed by atoms with Gasteiger partial charge in [0.25, 0.3) is 0 Å². The molecule has 0 saturated carbocycles. The molecule has 0 unspecified atom stereocenters. The van der Waals surface area contributed by atoms with E-state index in [1.165, 1.54) is 10.8 Å². The number of rotatable bonds is 2. The van der Waals surface area contributed by atoms with Crippen molar-refractivity contribution in [2.45, 2.75) is 6.04 Å². The highest BCUT2D eigenvalue weighted by molar-refractivity contribution is 6.07. The van der Waals surface area contributed by atoms with E-state index in [1.54, 1.807) is 0 Å². The molecular formula is C15H13NO. The molecule has 0 saturated heterocycles. The van der Waals surface area contributed by atoms with E-state index in [9.17, 15) is 0 Å². The SMILES string of the molecule is C=C[C@@H]1COC(c2cccc3ccccc23)=N1. The lowest BCUT2D eigenvalue weighted by Crippen LogP contribution is -2.02. The van der Waals surface area contributed by atoms with E-state index >= 15 is 0 Å². The molecule has 2 nitrogen and oxygen atoms in total. The van der Waals surface area contributed by atoms with Crippen molar-refractivity contribution >= 4 is 16.7 Å². The normalized spacial score (nSPS) is 18.8. The van der Waals surface area contributed by atoms with Gasteiger partial charge in [-0.1, -0.05) is 42.5 Å². The number of benzene rings is 2. The van der Waals surface area contributed by atoms with Gasteiger partial charge in [-0.2, -0.15) is 0 Å². The minimum absolute atomic E-state index is 0.0870. The van der Waals surface area contributed by atoms with E-state index in [1.807, 2.05) is 30.3 Å². The van der Waals surface area contributed by atoms with Gasteiger partial charge in [0.15, 0.2) is 0 Å². The largest absolute Gasteiger partial charge is 0.475 e. The van der Waals surface area contributed by atoms with Gasteiger partial charge in [0.05, 0.1) is 0 Å². The lowest BCUT2D eigenvalue weighted by Gasteiger charge is -2.05. The van der Waals surface area contributed by atoms with Gasteiger partial charge in [0.1, 0.15) is 12.6 Å². The highest BCUT2D eigenvalue weighted by Crippen LogP contribution is 2.22. The Morgan fingerprint density at radius 2 is 2.00 bits per heavy atom. The van der Waals surface area contributed by atoms with Crippen molar-refractivity contribution in [1.29, 1.82) is 0 Å². The van der Waals surface area contributed by atoms with Crippen LogP contribution in [0.1, 0.15) is 5.56 Å². The van der Waals surface area contributed by atoms with E-state index in [0.29, 0.717) is 6.61 Å². The van der Waals surface area contributed by atoms with Crippen LogP contribution in [0.15, 0.2) is 60.1 Å². The molecule has 0 bridgehead atoms. The lowest BCUT2D eigenvalue weighted by atomic mass is 10.0. The summed E-state index contributed by atoms with van der Waals surface area (Å²) in [5.41, 5.74) is 1.06. The van der Waals surface area contributed by atoms with Crippen molar-refractivity contribution in [2.75, 3.05) is 6.61 Å². The minimum Gasteiger partial charge on any atom is -0.475 e. The van der Waals surface area contributed by atoms with Gasteiger partial charge >= 0.3 is 0 Å². The van der Waals surface area contributed by atoms with Crippen LogP contribution in [0.2, 0.25) is 0 Å². The van der Waals surface area contributed by atoms with Crippen LogP contribution in [0.4, 0.5) is 0 Å². The summed E-state index contributed by atoms with van der Waals surface area (Å²) in [6.07, 6.45) is 1.82. The maximum absolute atomic E-state index is 5.63. The molecule has 0 N–H and O–H groups in total. The van der Waals surface area contributed by atoms with Crippen LogP contribution in [0.5, 0.6) is 0 Å². The van der Waals surface area contributed by atoms with Gasteiger partial charge in [-0.15, -0.1) is 6.58 Å². The first-order valence-electron chi connectivity index (χ1n) is 5.70. The summed E-state index contributed by atoms with van der Waals surface area (Å²) in [6, 6.07) is 14.5. The Morgan fingerprint density at radius 3 is 2.82 bits per heavy atom. The van der Waals surface area contributed by atoms with Crippen LogP contribution < -0.4 is 0 Å². The molecule has 0 aliphatic carbocycles. The molecule has 1 aliphatic heterocycles. The number of hydrogen-bond acceptors (Lipinski definition) is 2. The third kappa shape index (κ3) is 1.72. The lowest BCUT2D eigenvalue weighted by molar-refractivity contribution is 0.332. The summed E-state index contributed by atoms with van der Waals surface area (Å²) in [5, 5.41) is 2.39. The monoisotopic (exact) mass is 223 g/mol. The van der Waals surface area contributed by atoms with Crippen LogP contribution >= 0.6 is 0 Å². The fourth-order valence-electron chi connectivity index (χ4n) is 2.07. The zero-order chi connectivity index (χ0) is 11.7. The fraction of sp³-hybridized carbons (Fsp3) is 0.133. The third-order valence-electron chi connectivity index (χ3n) is 2.97. The first-order chi connectivity index (χ1) is 8.38. The van der Waals surface area contributed by atoms with Crippen molar-refractivity contribution in [2.24, 2.45) is 4.99 Å². The Balaban J connectivity index is 2.15. The molecule has 84 valence electrons. The first-order valence-corrected chi connectivity index (χ1v) is 5.70. The quantitative estimate of drug-likeness (QED) is 0.716. The topological polar surface area (TPSA) is 21.6 Å². The van der Waals surface area contributed by atoms with Crippen molar-refractivity contribution in [1.82, 2.24) is 0 Å². The van der Waals surface area contributed by atoms with Gasteiger partial charge in [0.2, 0.25) is 5.90 Å². The highest BCUT2D eigenvalue weighted by Gasteiger charge is 2.18. The molecule has 0 spiro atoms. The molecule has 1 heterocycles.